The molecule has 0 saturated carbocycles. The van der Waals surface area contributed by atoms with E-state index in [-0.39, 0.29) is 12.1 Å². The molecule has 2 nitrogen and oxygen atoms in total. The van der Waals surface area contributed by atoms with Crippen LogP contribution in [0.2, 0.25) is 5.02 Å². The van der Waals surface area contributed by atoms with E-state index >= 15 is 0 Å². The third-order valence-electron chi connectivity index (χ3n) is 2.51. The van der Waals surface area contributed by atoms with E-state index in [2.05, 4.69) is 16.2 Å². The fourth-order valence-electron chi connectivity index (χ4n) is 1.56. The van der Waals surface area contributed by atoms with Gasteiger partial charge in [0.05, 0.1) is 0 Å². The first-order valence-corrected chi connectivity index (χ1v) is 6.78. The third-order valence-corrected chi connectivity index (χ3v) is 3.51. The highest BCUT2D eigenvalue weighted by Crippen LogP contribution is 2.24. The van der Waals surface area contributed by atoms with Crippen molar-refractivity contribution in [1.29, 1.82) is 0 Å². The van der Waals surface area contributed by atoms with E-state index in [4.69, 9.17) is 16.3 Å². The second-order valence-corrected chi connectivity index (χ2v) is 4.93. The first-order valence-electron chi connectivity index (χ1n) is 5.82. The maximum absolute atomic E-state index is 11.4. The lowest BCUT2D eigenvalue weighted by Crippen LogP contribution is -2.11. The molecule has 94 valence electrons. The molecule has 0 aliphatic rings. The minimum atomic E-state index is -0.163. The Kier molecular flexibility index (Phi) is 5.94. The van der Waals surface area contributed by atoms with Crippen LogP contribution in [0.5, 0.6) is 0 Å². The van der Waals surface area contributed by atoms with Crippen LogP contribution >= 0.6 is 20.8 Å². The summed E-state index contributed by atoms with van der Waals surface area (Å²) < 4.78 is 5.43. The Bertz CT molecular complexity index is 393. The van der Waals surface area contributed by atoms with E-state index in [0.29, 0.717) is 11.4 Å². The summed E-state index contributed by atoms with van der Waals surface area (Å²) in [7, 11) is 2.59. The Morgan fingerprint density at radius 1 is 1.47 bits per heavy atom. The lowest BCUT2D eigenvalue weighted by Gasteiger charge is -2.18. The van der Waals surface area contributed by atoms with Crippen molar-refractivity contribution in [2.45, 2.75) is 39.2 Å². The van der Waals surface area contributed by atoms with E-state index in [0.717, 1.165) is 23.7 Å². The average Bonchev–Trinajstić information content (AvgIpc) is 2.32. The van der Waals surface area contributed by atoms with Gasteiger partial charge in [0.2, 0.25) is 0 Å². The summed E-state index contributed by atoms with van der Waals surface area (Å²) in [6, 6.07) is 5.71. The van der Waals surface area contributed by atoms with Crippen molar-refractivity contribution in [2.75, 3.05) is 0 Å². The van der Waals surface area contributed by atoms with Gasteiger partial charge in [0.1, 0.15) is 6.10 Å². The summed E-state index contributed by atoms with van der Waals surface area (Å²) in [5.74, 6) is -0.163. The Balaban J connectivity index is 2.88. The zero-order chi connectivity index (χ0) is 12.8. The molecule has 17 heavy (non-hydrogen) atoms. The van der Waals surface area contributed by atoms with Crippen molar-refractivity contribution in [1.82, 2.24) is 0 Å². The van der Waals surface area contributed by atoms with Gasteiger partial charge >= 0.3 is 5.97 Å². The molecule has 1 rings (SSSR count). The number of ether oxygens (including phenoxy) is 1. The van der Waals surface area contributed by atoms with Gasteiger partial charge in [-0.25, -0.2) is 0 Å². The molecule has 0 radical (unpaired) electrons. The molecule has 0 aromatic heterocycles. The molecule has 0 bridgehead atoms. The van der Waals surface area contributed by atoms with Crippen molar-refractivity contribution in [3.05, 3.63) is 28.8 Å². The van der Waals surface area contributed by atoms with Crippen molar-refractivity contribution < 1.29 is 9.53 Å². The van der Waals surface area contributed by atoms with Gasteiger partial charge < -0.3 is 4.74 Å². The van der Waals surface area contributed by atoms with Gasteiger partial charge in [-0.3, -0.25) is 4.79 Å². The van der Waals surface area contributed by atoms with Gasteiger partial charge in [0.25, 0.3) is 0 Å². The average molecular weight is 273 g/mol. The number of benzene rings is 1. The molecule has 1 aromatic rings. The fraction of sp³-hybridized carbons (Fsp3) is 0.462. The molecule has 0 saturated heterocycles. The molecule has 0 fully saturated rings. The molecule has 2 atom stereocenters. The highest BCUT2D eigenvalue weighted by atomic mass is 35.5. The fourth-order valence-corrected chi connectivity index (χ4v) is 1.97. The van der Waals surface area contributed by atoms with E-state index in [9.17, 15) is 4.79 Å². The Morgan fingerprint density at radius 3 is 2.71 bits per heavy atom. The number of carbonyl (C=O) groups is 1. The molecule has 1 aromatic carbocycles. The third kappa shape index (κ3) is 4.29. The van der Waals surface area contributed by atoms with Crippen molar-refractivity contribution in [2.24, 2.45) is 0 Å². The zero-order valence-electron chi connectivity index (χ0n) is 10.2. The van der Waals surface area contributed by atoms with Crippen LogP contribution in [-0.2, 0) is 9.53 Å². The summed E-state index contributed by atoms with van der Waals surface area (Å²) in [6.07, 6.45) is 2.04. The molecule has 0 aliphatic heterocycles. The lowest BCUT2D eigenvalue weighted by molar-refractivity contribution is -0.149. The largest absolute Gasteiger partial charge is 0.457 e. The van der Waals surface area contributed by atoms with E-state index in [1.807, 2.05) is 18.2 Å². The summed E-state index contributed by atoms with van der Waals surface area (Å²) in [5, 5.41) is 1.63. The molecular weight excluding hydrogens is 255 g/mol. The van der Waals surface area contributed by atoms with Crippen LogP contribution in [0, 0.1) is 0 Å². The predicted octanol–water partition coefficient (Wildman–Crippen LogP) is 3.63. The van der Waals surface area contributed by atoms with Crippen LogP contribution in [0.15, 0.2) is 18.2 Å². The van der Waals surface area contributed by atoms with Crippen LogP contribution in [0.25, 0.3) is 0 Å². The molecule has 0 amide bonds. The first-order chi connectivity index (χ1) is 8.08. The zero-order valence-corrected chi connectivity index (χ0v) is 12.1. The van der Waals surface area contributed by atoms with E-state index in [1.54, 1.807) is 6.92 Å². The van der Waals surface area contributed by atoms with Gasteiger partial charge in [-0.15, -0.1) is 9.24 Å². The van der Waals surface area contributed by atoms with Crippen LogP contribution < -0.4 is 5.30 Å². The van der Waals surface area contributed by atoms with Crippen molar-refractivity contribution >= 4 is 32.1 Å². The Labute approximate surface area is 110 Å². The predicted molar refractivity (Wildman–Crippen MR) is 74.8 cm³/mol. The first kappa shape index (κ1) is 14.5. The second-order valence-electron chi connectivity index (χ2n) is 3.90. The molecule has 2 unspecified atom stereocenters. The van der Waals surface area contributed by atoms with Crippen molar-refractivity contribution in [3.8, 4) is 0 Å². The monoisotopic (exact) mass is 272 g/mol. The number of carbonyl (C=O) groups excluding carboxylic acids is 1. The van der Waals surface area contributed by atoms with Crippen LogP contribution in [0.4, 0.5) is 0 Å². The summed E-state index contributed by atoms with van der Waals surface area (Å²) in [6.45, 7) is 3.87. The number of rotatable bonds is 5. The molecule has 0 heterocycles. The normalized spacial score (nSPS) is 12.2. The number of halogens is 1. The lowest BCUT2D eigenvalue weighted by atomic mass is 10.1. The quantitative estimate of drug-likeness (QED) is 0.604. The molecule has 0 spiro atoms. The van der Waals surface area contributed by atoms with E-state index < -0.39 is 0 Å². The van der Waals surface area contributed by atoms with Gasteiger partial charge in [-0.2, -0.15) is 0 Å². The topological polar surface area (TPSA) is 26.3 Å². The van der Waals surface area contributed by atoms with Gasteiger partial charge in [-0.05, 0) is 29.4 Å². The van der Waals surface area contributed by atoms with Crippen LogP contribution in [0.3, 0.4) is 0 Å². The second kappa shape index (κ2) is 6.98. The number of hydrogen-bond donors (Lipinski definition) is 0. The summed E-state index contributed by atoms with van der Waals surface area (Å²) in [5.41, 5.74) is 1.00. The number of hydrogen-bond acceptors (Lipinski definition) is 2. The minimum Gasteiger partial charge on any atom is -0.457 e. The van der Waals surface area contributed by atoms with Gasteiger partial charge in [0.15, 0.2) is 0 Å². The molecule has 0 aliphatic carbocycles. The maximum Gasteiger partial charge on any atom is 0.306 e. The highest BCUT2D eigenvalue weighted by molar-refractivity contribution is 7.28. The maximum atomic E-state index is 11.4. The number of esters is 1. The van der Waals surface area contributed by atoms with Gasteiger partial charge in [-0.1, -0.05) is 37.9 Å². The Hall–Kier alpha value is -0.590. The SMILES string of the molecule is CCCC(OC(=O)CC)c1ccc(Cl)c(P)c1. The van der Waals surface area contributed by atoms with Crippen molar-refractivity contribution in [3.63, 3.8) is 0 Å². The minimum absolute atomic E-state index is 0.163. The molecule has 4 heteroatoms. The van der Waals surface area contributed by atoms with Crippen LogP contribution in [0.1, 0.15) is 44.8 Å². The molecular formula is C13H18ClO2P. The van der Waals surface area contributed by atoms with E-state index in [1.165, 1.54) is 0 Å². The highest BCUT2D eigenvalue weighted by Gasteiger charge is 2.15. The molecule has 0 N–H and O–H groups in total. The Morgan fingerprint density at radius 2 is 2.18 bits per heavy atom. The summed E-state index contributed by atoms with van der Waals surface area (Å²) in [4.78, 5) is 11.4. The summed E-state index contributed by atoms with van der Waals surface area (Å²) >= 11 is 5.97. The van der Waals surface area contributed by atoms with Crippen LogP contribution in [-0.4, -0.2) is 5.97 Å². The smallest absolute Gasteiger partial charge is 0.306 e. The van der Waals surface area contributed by atoms with Gasteiger partial charge in [0, 0.05) is 11.4 Å². The standard InChI is InChI=1S/C13H18ClO2P/c1-3-5-11(16-13(15)4-2)9-6-7-10(14)12(17)8-9/h6-8,11H,3-5,17H2,1-2H3.